The number of hydrogen-bond donors (Lipinski definition) is 2. The number of carboxylic acid groups (broad SMARTS) is 1. The quantitative estimate of drug-likeness (QED) is 0.891. The fourth-order valence-corrected chi connectivity index (χ4v) is 2.87. The fraction of sp³-hybridized carbons (Fsp3) is 0.278. The summed E-state index contributed by atoms with van der Waals surface area (Å²) in [5, 5.41) is 12.3. The minimum Gasteiger partial charge on any atom is -0.489 e. The van der Waals surface area contributed by atoms with Crippen LogP contribution in [0, 0.1) is 0 Å². The van der Waals surface area contributed by atoms with E-state index in [9.17, 15) is 9.90 Å². The molecule has 2 atom stereocenters. The maximum atomic E-state index is 11.2. The predicted octanol–water partition coefficient (Wildman–Crippen LogP) is 2.80. The van der Waals surface area contributed by atoms with Crippen molar-refractivity contribution < 1.29 is 14.6 Å². The van der Waals surface area contributed by atoms with Gasteiger partial charge in [0.05, 0.1) is 0 Å². The van der Waals surface area contributed by atoms with Crippen molar-refractivity contribution in [3.05, 3.63) is 65.7 Å². The van der Waals surface area contributed by atoms with Gasteiger partial charge in [-0.05, 0) is 36.2 Å². The Kier molecular flexibility index (Phi) is 4.39. The first-order valence-electron chi connectivity index (χ1n) is 7.47. The van der Waals surface area contributed by atoms with Crippen LogP contribution < -0.4 is 10.1 Å². The first kappa shape index (κ1) is 14.6. The molecule has 2 aromatic carbocycles. The average Bonchev–Trinajstić information content (AvgIpc) is 3.04. The van der Waals surface area contributed by atoms with Crippen LogP contribution in [0.15, 0.2) is 54.6 Å². The monoisotopic (exact) mass is 297 g/mol. The van der Waals surface area contributed by atoms with E-state index in [-0.39, 0.29) is 5.92 Å². The first-order valence-corrected chi connectivity index (χ1v) is 7.47. The van der Waals surface area contributed by atoms with Crippen LogP contribution in [0.2, 0.25) is 0 Å². The fourth-order valence-electron chi connectivity index (χ4n) is 2.87. The maximum Gasteiger partial charge on any atom is 0.321 e. The largest absolute Gasteiger partial charge is 0.489 e. The Morgan fingerprint density at radius 2 is 1.86 bits per heavy atom. The average molecular weight is 297 g/mol. The third-order valence-electron chi connectivity index (χ3n) is 4.04. The van der Waals surface area contributed by atoms with Crippen molar-refractivity contribution in [2.24, 2.45) is 0 Å². The van der Waals surface area contributed by atoms with Gasteiger partial charge in [-0.1, -0.05) is 42.5 Å². The van der Waals surface area contributed by atoms with E-state index in [1.165, 1.54) is 0 Å². The van der Waals surface area contributed by atoms with Gasteiger partial charge in [-0.3, -0.25) is 4.79 Å². The summed E-state index contributed by atoms with van der Waals surface area (Å²) in [5.74, 6) is 0.0398. The van der Waals surface area contributed by atoms with E-state index in [4.69, 9.17) is 4.74 Å². The predicted molar refractivity (Wildman–Crippen MR) is 84.0 cm³/mol. The molecule has 114 valence electrons. The van der Waals surface area contributed by atoms with Crippen LogP contribution in [0.4, 0.5) is 0 Å². The van der Waals surface area contributed by atoms with Gasteiger partial charge in [0, 0.05) is 5.92 Å². The Labute approximate surface area is 129 Å². The zero-order valence-electron chi connectivity index (χ0n) is 12.2. The summed E-state index contributed by atoms with van der Waals surface area (Å²) in [6.07, 6.45) is 0.848. The molecular weight excluding hydrogens is 278 g/mol. The first-order chi connectivity index (χ1) is 10.7. The van der Waals surface area contributed by atoms with Crippen LogP contribution in [0.1, 0.15) is 23.5 Å². The summed E-state index contributed by atoms with van der Waals surface area (Å²) >= 11 is 0. The zero-order valence-corrected chi connectivity index (χ0v) is 12.2. The molecule has 0 amide bonds. The Balaban J connectivity index is 1.64. The normalized spacial score (nSPS) is 20.7. The molecule has 1 aliphatic rings. The lowest BCUT2D eigenvalue weighted by atomic mass is 9.92. The van der Waals surface area contributed by atoms with Crippen LogP contribution in [-0.4, -0.2) is 23.7 Å². The summed E-state index contributed by atoms with van der Waals surface area (Å²) in [7, 11) is 0. The smallest absolute Gasteiger partial charge is 0.321 e. The Bertz CT molecular complexity index is 625. The lowest BCUT2D eigenvalue weighted by Gasteiger charge is -2.16. The molecule has 2 N–H and O–H groups in total. The Morgan fingerprint density at radius 3 is 2.55 bits per heavy atom. The van der Waals surface area contributed by atoms with Gasteiger partial charge in [0.1, 0.15) is 18.4 Å². The molecule has 1 saturated heterocycles. The van der Waals surface area contributed by atoms with Crippen LogP contribution in [0.3, 0.4) is 0 Å². The second-order valence-corrected chi connectivity index (χ2v) is 5.51. The molecule has 0 saturated carbocycles. The van der Waals surface area contributed by atoms with Crippen LogP contribution in [0.5, 0.6) is 5.75 Å². The molecule has 0 spiro atoms. The zero-order chi connectivity index (χ0) is 15.4. The highest BCUT2D eigenvalue weighted by Gasteiger charge is 2.33. The van der Waals surface area contributed by atoms with Gasteiger partial charge in [0.15, 0.2) is 0 Å². The van der Waals surface area contributed by atoms with Crippen molar-refractivity contribution in [1.82, 2.24) is 5.32 Å². The van der Waals surface area contributed by atoms with E-state index in [2.05, 4.69) is 5.32 Å². The highest BCUT2D eigenvalue weighted by atomic mass is 16.5. The minimum absolute atomic E-state index is 0.0284. The molecule has 1 aliphatic heterocycles. The second-order valence-electron chi connectivity index (χ2n) is 5.51. The SMILES string of the molecule is O=C(O)[C@@H]1NCC[C@H]1c1ccc(OCc2ccccc2)cc1. The number of carboxylic acids is 1. The number of rotatable bonds is 5. The second kappa shape index (κ2) is 6.62. The van der Waals surface area contributed by atoms with Crippen molar-refractivity contribution in [3.8, 4) is 5.75 Å². The van der Waals surface area contributed by atoms with E-state index >= 15 is 0 Å². The number of aliphatic carboxylic acids is 1. The van der Waals surface area contributed by atoms with Gasteiger partial charge in [0.2, 0.25) is 0 Å². The van der Waals surface area contributed by atoms with Crippen molar-refractivity contribution in [3.63, 3.8) is 0 Å². The third kappa shape index (κ3) is 3.28. The number of ether oxygens (including phenoxy) is 1. The van der Waals surface area contributed by atoms with Crippen molar-refractivity contribution in [2.75, 3.05) is 6.54 Å². The molecule has 1 heterocycles. The highest BCUT2D eigenvalue weighted by Crippen LogP contribution is 2.29. The van der Waals surface area contributed by atoms with Crippen molar-refractivity contribution in [1.29, 1.82) is 0 Å². The van der Waals surface area contributed by atoms with Crippen molar-refractivity contribution in [2.45, 2.75) is 25.0 Å². The molecular formula is C18H19NO3. The maximum absolute atomic E-state index is 11.2. The molecule has 0 aliphatic carbocycles. The topological polar surface area (TPSA) is 58.6 Å². The number of benzene rings is 2. The minimum atomic E-state index is -0.785. The van der Waals surface area contributed by atoms with E-state index < -0.39 is 12.0 Å². The van der Waals surface area contributed by atoms with Crippen LogP contribution >= 0.6 is 0 Å². The number of hydrogen-bond acceptors (Lipinski definition) is 3. The Hall–Kier alpha value is -2.33. The molecule has 1 fully saturated rings. The molecule has 4 heteroatoms. The molecule has 0 bridgehead atoms. The van der Waals surface area contributed by atoms with E-state index in [1.54, 1.807) is 0 Å². The van der Waals surface area contributed by atoms with E-state index in [1.807, 2.05) is 54.6 Å². The highest BCUT2D eigenvalue weighted by molar-refractivity contribution is 5.75. The van der Waals surface area contributed by atoms with Gasteiger partial charge in [-0.2, -0.15) is 0 Å². The third-order valence-corrected chi connectivity index (χ3v) is 4.04. The summed E-state index contributed by atoms with van der Waals surface area (Å²) in [4.78, 5) is 11.2. The van der Waals surface area contributed by atoms with Gasteiger partial charge in [0.25, 0.3) is 0 Å². The molecule has 0 radical (unpaired) electrons. The molecule has 0 unspecified atom stereocenters. The summed E-state index contributed by atoms with van der Waals surface area (Å²) in [5.41, 5.74) is 2.17. The molecule has 2 aromatic rings. The Morgan fingerprint density at radius 1 is 1.14 bits per heavy atom. The van der Waals surface area contributed by atoms with E-state index in [0.29, 0.717) is 6.61 Å². The molecule has 0 aromatic heterocycles. The van der Waals surface area contributed by atoms with Gasteiger partial charge < -0.3 is 15.2 Å². The summed E-state index contributed by atoms with van der Waals surface area (Å²) in [6, 6.07) is 17.3. The number of nitrogens with one attached hydrogen (secondary N) is 1. The van der Waals surface area contributed by atoms with Crippen LogP contribution in [0.25, 0.3) is 0 Å². The lowest BCUT2D eigenvalue weighted by molar-refractivity contribution is -0.139. The van der Waals surface area contributed by atoms with Gasteiger partial charge >= 0.3 is 5.97 Å². The standard InChI is InChI=1S/C18H19NO3/c20-18(21)17-16(10-11-19-17)14-6-8-15(9-7-14)22-12-13-4-2-1-3-5-13/h1-9,16-17,19H,10-12H2,(H,20,21)/t16-,17+/m0/s1. The summed E-state index contributed by atoms with van der Waals surface area (Å²) in [6.45, 7) is 1.27. The molecule has 4 nitrogen and oxygen atoms in total. The van der Waals surface area contributed by atoms with Gasteiger partial charge in [-0.25, -0.2) is 0 Å². The lowest BCUT2D eigenvalue weighted by Crippen LogP contribution is -2.34. The molecule has 22 heavy (non-hydrogen) atoms. The number of carbonyl (C=O) groups is 1. The van der Waals surface area contributed by atoms with Crippen LogP contribution in [-0.2, 0) is 11.4 Å². The van der Waals surface area contributed by atoms with Gasteiger partial charge in [-0.15, -0.1) is 0 Å². The molecule has 3 rings (SSSR count). The van der Waals surface area contributed by atoms with E-state index in [0.717, 1.165) is 29.8 Å². The summed E-state index contributed by atoms with van der Waals surface area (Å²) < 4.78 is 5.75. The van der Waals surface area contributed by atoms with Crippen molar-refractivity contribution >= 4 is 5.97 Å².